The van der Waals surface area contributed by atoms with Crippen LogP contribution in [0, 0.1) is 11.2 Å². The first-order chi connectivity index (χ1) is 7.39. The Morgan fingerprint density at radius 1 is 1.31 bits per heavy atom. The van der Waals surface area contributed by atoms with E-state index >= 15 is 0 Å². The molecule has 0 saturated carbocycles. The largest absolute Gasteiger partial charge is 0.455 e. The summed E-state index contributed by atoms with van der Waals surface area (Å²) in [6, 6.07) is 6.43. The average molecular weight is 222 g/mol. The number of rotatable bonds is 1. The third-order valence-electron chi connectivity index (χ3n) is 2.60. The van der Waals surface area contributed by atoms with Crippen molar-refractivity contribution in [2.45, 2.75) is 26.9 Å². The molecule has 86 valence electrons. The van der Waals surface area contributed by atoms with Gasteiger partial charge in [0.2, 0.25) is 0 Å². The molecule has 0 amide bonds. The number of benzene rings is 1. The third-order valence-corrected chi connectivity index (χ3v) is 2.60. The van der Waals surface area contributed by atoms with Crippen LogP contribution in [0.5, 0.6) is 0 Å². The topological polar surface area (TPSA) is 33.4 Å². The van der Waals surface area contributed by atoms with Crippen LogP contribution in [0.4, 0.5) is 4.39 Å². The van der Waals surface area contributed by atoms with E-state index in [2.05, 4.69) is 0 Å². The first-order valence-electron chi connectivity index (χ1n) is 5.25. The number of para-hydroxylation sites is 1. The Kier molecular flexibility index (Phi) is 2.50. The molecule has 0 radical (unpaired) electrons. The van der Waals surface area contributed by atoms with E-state index in [1.807, 2.05) is 20.8 Å². The Labute approximate surface area is 93.7 Å². The highest BCUT2D eigenvalue weighted by molar-refractivity contribution is 5.78. The molecule has 16 heavy (non-hydrogen) atoms. The van der Waals surface area contributed by atoms with Crippen LogP contribution in [0.15, 0.2) is 28.7 Å². The smallest absolute Gasteiger partial charge is 0.170 e. The normalized spacial score (nSPS) is 14.3. The molecule has 2 nitrogen and oxygen atoms in total. The summed E-state index contributed by atoms with van der Waals surface area (Å²) >= 11 is 0. The number of fused-ring (bicyclic) bond motifs is 1. The molecule has 1 aromatic carbocycles. The zero-order valence-electron chi connectivity index (χ0n) is 9.62. The fraction of sp³-hybridized carbons (Fsp3) is 0.385. The second-order valence-electron chi connectivity index (χ2n) is 5.08. The van der Waals surface area contributed by atoms with Gasteiger partial charge in [-0.15, -0.1) is 0 Å². The molecule has 1 atom stereocenters. The van der Waals surface area contributed by atoms with Crippen LogP contribution in [-0.2, 0) is 0 Å². The molecule has 0 fully saturated rings. The van der Waals surface area contributed by atoms with Crippen molar-refractivity contribution in [2.75, 3.05) is 0 Å². The molecule has 0 saturated heterocycles. The molecule has 1 N–H and O–H groups in total. The first-order valence-corrected chi connectivity index (χ1v) is 5.25. The van der Waals surface area contributed by atoms with Gasteiger partial charge in [-0.3, -0.25) is 0 Å². The van der Waals surface area contributed by atoms with E-state index in [0.29, 0.717) is 11.1 Å². The molecule has 0 aliphatic rings. The number of furan rings is 1. The molecular formula is C13H15FO2. The van der Waals surface area contributed by atoms with Crippen molar-refractivity contribution >= 4 is 11.0 Å². The van der Waals surface area contributed by atoms with E-state index in [4.69, 9.17) is 4.42 Å². The summed E-state index contributed by atoms with van der Waals surface area (Å²) in [5.41, 5.74) is -0.120. The van der Waals surface area contributed by atoms with Gasteiger partial charge in [-0.1, -0.05) is 32.9 Å². The zero-order valence-corrected chi connectivity index (χ0v) is 9.62. The minimum atomic E-state index is -0.737. The van der Waals surface area contributed by atoms with Crippen molar-refractivity contribution in [2.24, 2.45) is 5.41 Å². The molecule has 3 heteroatoms. The molecule has 0 spiro atoms. The van der Waals surface area contributed by atoms with Crippen LogP contribution in [-0.4, -0.2) is 5.11 Å². The van der Waals surface area contributed by atoms with Crippen LogP contribution >= 0.6 is 0 Å². The van der Waals surface area contributed by atoms with Gasteiger partial charge in [0.05, 0.1) is 0 Å². The van der Waals surface area contributed by atoms with Crippen molar-refractivity contribution < 1.29 is 13.9 Å². The lowest BCUT2D eigenvalue weighted by Crippen LogP contribution is -2.16. The average Bonchev–Trinajstić information content (AvgIpc) is 2.60. The highest BCUT2D eigenvalue weighted by Gasteiger charge is 2.27. The number of aliphatic hydroxyl groups excluding tert-OH is 1. The van der Waals surface area contributed by atoms with Gasteiger partial charge in [0.25, 0.3) is 0 Å². The van der Waals surface area contributed by atoms with Gasteiger partial charge in [0, 0.05) is 5.39 Å². The van der Waals surface area contributed by atoms with Gasteiger partial charge in [-0.05, 0) is 17.5 Å². The number of hydrogen-bond donors (Lipinski definition) is 1. The van der Waals surface area contributed by atoms with Gasteiger partial charge in [-0.25, -0.2) is 4.39 Å². The van der Waals surface area contributed by atoms with E-state index in [9.17, 15) is 9.50 Å². The number of hydrogen-bond acceptors (Lipinski definition) is 2. The van der Waals surface area contributed by atoms with E-state index in [1.165, 1.54) is 6.07 Å². The first kappa shape index (κ1) is 11.1. The molecule has 1 heterocycles. The lowest BCUT2D eigenvalue weighted by atomic mass is 9.88. The summed E-state index contributed by atoms with van der Waals surface area (Å²) in [6.45, 7) is 5.71. The molecule has 2 rings (SSSR count). The summed E-state index contributed by atoms with van der Waals surface area (Å²) in [7, 11) is 0. The van der Waals surface area contributed by atoms with E-state index < -0.39 is 11.9 Å². The number of aliphatic hydroxyl groups is 1. The van der Waals surface area contributed by atoms with E-state index in [0.717, 1.165) is 0 Å². The van der Waals surface area contributed by atoms with Gasteiger partial charge >= 0.3 is 0 Å². The fourth-order valence-corrected chi connectivity index (χ4v) is 1.61. The Bertz CT molecular complexity index is 508. The summed E-state index contributed by atoms with van der Waals surface area (Å²) in [5.74, 6) is 0.0115. The van der Waals surface area contributed by atoms with Crippen molar-refractivity contribution in [3.63, 3.8) is 0 Å². The van der Waals surface area contributed by atoms with Crippen LogP contribution in [0.2, 0.25) is 0 Å². The van der Waals surface area contributed by atoms with Crippen molar-refractivity contribution in [1.29, 1.82) is 0 Å². The highest BCUT2D eigenvalue weighted by atomic mass is 19.1. The third kappa shape index (κ3) is 1.83. The summed E-state index contributed by atoms with van der Waals surface area (Å²) < 4.78 is 18.7. The molecule has 0 bridgehead atoms. The molecule has 1 unspecified atom stereocenters. The Balaban J connectivity index is 2.52. The fourth-order valence-electron chi connectivity index (χ4n) is 1.61. The lowest BCUT2D eigenvalue weighted by molar-refractivity contribution is 0.0447. The maximum atomic E-state index is 13.4. The molecular weight excluding hydrogens is 207 g/mol. The van der Waals surface area contributed by atoms with E-state index in [-0.39, 0.29) is 11.0 Å². The molecule has 0 aliphatic carbocycles. The maximum absolute atomic E-state index is 13.4. The van der Waals surface area contributed by atoms with Gasteiger partial charge in [0.15, 0.2) is 11.4 Å². The second kappa shape index (κ2) is 3.59. The van der Waals surface area contributed by atoms with Crippen LogP contribution < -0.4 is 0 Å². The van der Waals surface area contributed by atoms with Gasteiger partial charge in [-0.2, -0.15) is 0 Å². The summed E-state index contributed by atoms with van der Waals surface area (Å²) in [5, 5.41) is 10.7. The SMILES string of the molecule is CC(C)(C)C(O)c1cc2cccc(F)c2o1. The summed E-state index contributed by atoms with van der Waals surface area (Å²) in [6.07, 6.45) is -0.737. The molecule has 1 aromatic heterocycles. The standard InChI is InChI=1S/C13H15FO2/c1-13(2,3)12(15)10-7-8-5-4-6-9(14)11(8)16-10/h4-7,12,15H,1-3H3. The minimum Gasteiger partial charge on any atom is -0.455 e. The Morgan fingerprint density at radius 2 is 2.00 bits per heavy atom. The van der Waals surface area contributed by atoms with Crippen LogP contribution in [0.1, 0.15) is 32.6 Å². The van der Waals surface area contributed by atoms with Crippen LogP contribution in [0.3, 0.4) is 0 Å². The van der Waals surface area contributed by atoms with Crippen molar-refractivity contribution in [3.05, 3.63) is 35.8 Å². The minimum absolute atomic E-state index is 0.209. The van der Waals surface area contributed by atoms with Gasteiger partial charge < -0.3 is 9.52 Å². The van der Waals surface area contributed by atoms with Crippen molar-refractivity contribution in [1.82, 2.24) is 0 Å². The highest BCUT2D eigenvalue weighted by Crippen LogP contribution is 2.35. The maximum Gasteiger partial charge on any atom is 0.170 e. The lowest BCUT2D eigenvalue weighted by Gasteiger charge is -2.23. The predicted octanol–water partition coefficient (Wildman–Crippen LogP) is 3.65. The van der Waals surface area contributed by atoms with Gasteiger partial charge in [0.1, 0.15) is 11.9 Å². The van der Waals surface area contributed by atoms with Crippen molar-refractivity contribution in [3.8, 4) is 0 Å². The van der Waals surface area contributed by atoms with Crippen LogP contribution in [0.25, 0.3) is 11.0 Å². The number of halogens is 1. The molecule has 2 aromatic rings. The Morgan fingerprint density at radius 3 is 2.56 bits per heavy atom. The quantitative estimate of drug-likeness (QED) is 0.798. The zero-order chi connectivity index (χ0) is 11.9. The predicted molar refractivity (Wildman–Crippen MR) is 60.6 cm³/mol. The Hall–Kier alpha value is -1.35. The molecule has 0 aliphatic heterocycles. The summed E-state index contributed by atoms with van der Waals surface area (Å²) in [4.78, 5) is 0. The van der Waals surface area contributed by atoms with E-state index in [1.54, 1.807) is 18.2 Å². The monoisotopic (exact) mass is 222 g/mol. The second-order valence-corrected chi connectivity index (χ2v) is 5.08.